The molecule has 1 atom stereocenters. The van der Waals surface area contributed by atoms with Crippen LogP contribution in [0.4, 0.5) is 4.79 Å². The maximum atomic E-state index is 12.1. The van der Waals surface area contributed by atoms with Gasteiger partial charge in [0, 0.05) is 30.4 Å². The molecule has 1 aromatic rings. The van der Waals surface area contributed by atoms with Crippen molar-refractivity contribution in [2.45, 2.75) is 44.1 Å². The van der Waals surface area contributed by atoms with Gasteiger partial charge in [-0.15, -0.1) is 11.3 Å². The first kappa shape index (κ1) is 15.3. The van der Waals surface area contributed by atoms with Crippen LogP contribution in [0.1, 0.15) is 37.5 Å². The van der Waals surface area contributed by atoms with Crippen molar-refractivity contribution in [3.63, 3.8) is 0 Å². The van der Waals surface area contributed by atoms with E-state index in [1.54, 1.807) is 30.2 Å². The van der Waals surface area contributed by atoms with E-state index in [2.05, 4.69) is 22.8 Å². The minimum atomic E-state index is -0.497. The third-order valence-electron chi connectivity index (χ3n) is 4.07. The molecule has 1 unspecified atom stereocenters. The van der Waals surface area contributed by atoms with E-state index in [0.717, 1.165) is 12.8 Å². The molecule has 2 N–H and O–H groups in total. The fraction of sp³-hybridized carbons (Fsp3) is 0.667. The Morgan fingerprint density at radius 3 is 2.80 bits per heavy atom. The zero-order valence-corrected chi connectivity index (χ0v) is 13.1. The first-order chi connectivity index (χ1) is 9.53. The van der Waals surface area contributed by atoms with E-state index in [4.69, 9.17) is 0 Å². The average molecular weight is 296 g/mol. The molecule has 2 amide bonds. The highest BCUT2D eigenvalue weighted by Crippen LogP contribution is 2.42. The Bertz CT molecular complexity index is 425. The van der Waals surface area contributed by atoms with Gasteiger partial charge < -0.3 is 15.3 Å². The van der Waals surface area contributed by atoms with Crippen molar-refractivity contribution in [1.29, 1.82) is 0 Å². The van der Waals surface area contributed by atoms with Crippen LogP contribution in [0.3, 0.4) is 0 Å². The maximum Gasteiger partial charge on any atom is 0.317 e. The molecule has 1 aliphatic carbocycles. The van der Waals surface area contributed by atoms with Crippen molar-refractivity contribution >= 4 is 17.4 Å². The van der Waals surface area contributed by atoms with E-state index in [1.807, 2.05) is 0 Å². The molecular formula is C15H24N2O2S. The number of aliphatic hydroxyl groups is 1. The second kappa shape index (κ2) is 6.59. The van der Waals surface area contributed by atoms with Crippen molar-refractivity contribution in [3.8, 4) is 0 Å². The molecule has 4 nitrogen and oxygen atoms in total. The van der Waals surface area contributed by atoms with Gasteiger partial charge in [-0.05, 0) is 31.2 Å². The molecule has 0 aromatic carbocycles. The molecule has 5 heteroatoms. The van der Waals surface area contributed by atoms with Gasteiger partial charge in [0.25, 0.3) is 0 Å². The molecule has 20 heavy (non-hydrogen) atoms. The summed E-state index contributed by atoms with van der Waals surface area (Å²) >= 11 is 1.78. The van der Waals surface area contributed by atoms with Gasteiger partial charge in [0.2, 0.25) is 0 Å². The molecule has 0 radical (unpaired) electrons. The van der Waals surface area contributed by atoms with Crippen molar-refractivity contribution in [3.05, 3.63) is 22.4 Å². The molecule has 0 spiro atoms. The van der Waals surface area contributed by atoms with E-state index >= 15 is 0 Å². The molecule has 1 saturated carbocycles. The van der Waals surface area contributed by atoms with Crippen molar-refractivity contribution < 1.29 is 9.90 Å². The summed E-state index contributed by atoms with van der Waals surface area (Å²) in [4.78, 5) is 15.0. The standard InChI is InChI=1S/C15H24N2O2S/c1-12(18)10-17(2)14(19)16-11-15(7-3-4-8-15)13-6-5-9-20-13/h5-6,9,12,18H,3-4,7-8,10-11H2,1-2H3,(H,16,19). The number of thiophene rings is 1. The smallest absolute Gasteiger partial charge is 0.317 e. The number of urea groups is 1. The van der Waals surface area contributed by atoms with Gasteiger partial charge in [0.1, 0.15) is 0 Å². The third kappa shape index (κ3) is 3.52. The lowest BCUT2D eigenvalue weighted by Crippen LogP contribution is -2.45. The number of likely N-dealkylation sites (N-methyl/N-ethyl adjacent to an activating group) is 1. The number of aliphatic hydroxyl groups excluding tert-OH is 1. The van der Waals surface area contributed by atoms with Crippen LogP contribution in [0.2, 0.25) is 0 Å². The van der Waals surface area contributed by atoms with E-state index in [-0.39, 0.29) is 11.4 Å². The zero-order chi connectivity index (χ0) is 14.6. The van der Waals surface area contributed by atoms with Crippen LogP contribution in [-0.2, 0) is 5.41 Å². The zero-order valence-electron chi connectivity index (χ0n) is 12.3. The summed E-state index contributed by atoms with van der Waals surface area (Å²) in [6.45, 7) is 2.74. The summed E-state index contributed by atoms with van der Waals surface area (Å²) in [7, 11) is 1.72. The highest BCUT2D eigenvalue weighted by molar-refractivity contribution is 7.10. The van der Waals surface area contributed by atoms with Gasteiger partial charge in [-0.2, -0.15) is 0 Å². The molecule has 0 bridgehead atoms. The monoisotopic (exact) mass is 296 g/mol. The minimum absolute atomic E-state index is 0.103. The summed E-state index contributed by atoms with van der Waals surface area (Å²) in [5.74, 6) is 0. The first-order valence-corrected chi connectivity index (χ1v) is 8.12. The number of hydrogen-bond donors (Lipinski definition) is 2. The number of nitrogens with zero attached hydrogens (tertiary/aromatic N) is 1. The Kier molecular flexibility index (Phi) is 5.05. The van der Waals surface area contributed by atoms with E-state index in [1.165, 1.54) is 17.7 Å². The summed E-state index contributed by atoms with van der Waals surface area (Å²) < 4.78 is 0. The predicted molar refractivity (Wildman–Crippen MR) is 82.2 cm³/mol. The lowest BCUT2D eigenvalue weighted by Gasteiger charge is -2.29. The number of carbonyl (C=O) groups excluding carboxylic acids is 1. The SMILES string of the molecule is CC(O)CN(C)C(=O)NCC1(c2cccs2)CCCC1. The Morgan fingerprint density at radius 2 is 2.25 bits per heavy atom. The number of hydrogen-bond acceptors (Lipinski definition) is 3. The molecule has 0 aliphatic heterocycles. The number of nitrogens with one attached hydrogen (secondary N) is 1. The lowest BCUT2D eigenvalue weighted by atomic mass is 9.84. The minimum Gasteiger partial charge on any atom is -0.392 e. The topological polar surface area (TPSA) is 52.6 Å². The Labute approximate surface area is 124 Å². The molecule has 1 heterocycles. The van der Waals surface area contributed by atoms with Gasteiger partial charge in [-0.25, -0.2) is 4.79 Å². The fourth-order valence-electron chi connectivity index (χ4n) is 3.00. The molecule has 0 saturated heterocycles. The van der Waals surface area contributed by atoms with Crippen LogP contribution in [0.5, 0.6) is 0 Å². The third-order valence-corrected chi connectivity index (χ3v) is 5.18. The molecule has 1 fully saturated rings. The molecular weight excluding hydrogens is 272 g/mol. The van der Waals surface area contributed by atoms with Crippen LogP contribution in [0.25, 0.3) is 0 Å². The molecule has 1 aromatic heterocycles. The lowest BCUT2D eigenvalue weighted by molar-refractivity contribution is 0.143. The largest absolute Gasteiger partial charge is 0.392 e. The Hall–Kier alpha value is -1.07. The maximum absolute atomic E-state index is 12.1. The summed E-state index contributed by atoms with van der Waals surface area (Å²) in [5, 5.41) is 14.5. The van der Waals surface area contributed by atoms with Crippen molar-refractivity contribution in [2.75, 3.05) is 20.1 Å². The highest BCUT2D eigenvalue weighted by atomic mass is 32.1. The van der Waals surface area contributed by atoms with Crippen molar-refractivity contribution in [1.82, 2.24) is 10.2 Å². The Morgan fingerprint density at radius 1 is 1.55 bits per heavy atom. The second-order valence-electron chi connectivity index (χ2n) is 5.85. The summed E-state index contributed by atoms with van der Waals surface area (Å²) in [5.41, 5.74) is 0.121. The van der Waals surface area contributed by atoms with Gasteiger partial charge >= 0.3 is 6.03 Å². The number of amides is 2. The number of carbonyl (C=O) groups is 1. The van der Waals surface area contributed by atoms with Crippen LogP contribution < -0.4 is 5.32 Å². The first-order valence-electron chi connectivity index (χ1n) is 7.24. The van der Waals surface area contributed by atoms with Crippen molar-refractivity contribution in [2.24, 2.45) is 0 Å². The summed E-state index contributed by atoms with van der Waals surface area (Å²) in [6, 6.07) is 4.16. The normalized spacial score (nSPS) is 18.8. The average Bonchev–Trinajstić information content (AvgIpc) is 3.06. The molecule has 1 aliphatic rings. The van der Waals surface area contributed by atoms with Gasteiger partial charge in [0.05, 0.1) is 6.10 Å². The quantitative estimate of drug-likeness (QED) is 0.877. The number of rotatable bonds is 5. The fourth-order valence-corrected chi connectivity index (χ4v) is 3.99. The molecule has 112 valence electrons. The van der Waals surface area contributed by atoms with Crippen LogP contribution >= 0.6 is 11.3 Å². The van der Waals surface area contributed by atoms with Gasteiger partial charge in [0.15, 0.2) is 0 Å². The highest BCUT2D eigenvalue weighted by Gasteiger charge is 2.36. The van der Waals surface area contributed by atoms with Crippen LogP contribution in [0, 0.1) is 0 Å². The van der Waals surface area contributed by atoms with Gasteiger partial charge in [-0.3, -0.25) is 0 Å². The van der Waals surface area contributed by atoms with E-state index < -0.39 is 6.10 Å². The molecule has 2 rings (SSSR count). The predicted octanol–water partition coefficient (Wildman–Crippen LogP) is 2.58. The van der Waals surface area contributed by atoms with E-state index in [9.17, 15) is 9.90 Å². The van der Waals surface area contributed by atoms with Crippen LogP contribution in [0.15, 0.2) is 17.5 Å². The Balaban J connectivity index is 1.95. The van der Waals surface area contributed by atoms with E-state index in [0.29, 0.717) is 13.1 Å². The second-order valence-corrected chi connectivity index (χ2v) is 6.80. The van der Waals surface area contributed by atoms with Gasteiger partial charge in [-0.1, -0.05) is 18.9 Å². The van der Waals surface area contributed by atoms with Crippen LogP contribution in [-0.4, -0.2) is 42.3 Å². The summed E-state index contributed by atoms with van der Waals surface area (Å²) in [6.07, 6.45) is 4.26.